The highest BCUT2D eigenvalue weighted by Gasteiger charge is 2.08. The van der Waals surface area contributed by atoms with Gasteiger partial charge in [0.2, 0.25) is 0 Å². The molecule has 112 valence electrons. The van der Waals surface area contributed by atoms with Gasteiger partial charge in [-0.3, -0.25) is 4.79 Å². The highest BCUT2D eigenvalue weighted by Crippen LogP contribution is 2.27. The van der Waals surface area contributed by atoms with Crippen molar-refractivity contribution < 1.29 is 9.53 Å². The maximum Gasteiger partial charge on any atom is 0.262 e. The molecule has 1 aromatic carbocycles. The van der Waals surface area contributed by atoms with Gasteiger partial charge in [-0.1, -0.05) is 23.2 Å². The molecule has 0 aliphatic heterocycles. The van der Waals surface area contributed by atoms with Crippen LogP contribution in [0.25, 0.3) is 11.2 Å². The molecular weight excluding hydrogens is 327 g/mol. The third-order valence-corrected chi connectivity index (χ3v) is 3.34. The Balaban J connectivity index is 1.62. The van der Waals surface area contributed by atoms with Crippen LogP contribution in [-0.2, 0) is 4.79 Å². The minimum Gasteiger partial charge on any atom is -0.482 e. The number of nitrogens with zero attached hydrogens (tertiary/aromatic N) is 2. The number of imidazole rings is 1. The molecule has 3 rings (SSSR count). The molecule has 0 saturated heterocycles. The summed E-state index contributed by atoms with van der Waals surface area (Å²) in [6.45, 7) is -0.178. The third kappa shape index (κ3) is 3.29. The number of nitrogens with one attached hydrogen (secondary N) is 2. The average molecular weight is 337 g/mol. The molecule has 8 heteroatoms. The van der Waals surface area contributed by atoms with Crippen molar-refractivity contribution in [3.63, 3.8) is 0 Å². The summed E-state index contributed by atoms with van der Waals surface area (Å²) < 4.78 is 5.36. The number of pyridine rings is 1. The fourth-order valence-electron chi connectivity index (χ4n) is 1.83. The van der Waals surface area contributed by atoms with Gasteiger partial charge in [0.05, 0.1) is 28.8 Å². The molecule has 0 bridgehead atoms. The standard InChI is InChI=1S/C14H10Cl2N4O2/c15-8-1-2-12(10(16)3-8)22-6-13(21)20-9-4-11-14(17-5-9)19-7-18-11/h1-5,7H,6H2,(H,20,21)(H,17,18,19). The smallest absolute Gasteiger partial charge is 0.262 e. The number of carbonyl (C=O) groups is 1. The van der Waals surface area contributed by atoms with Gasteiger partial charge in [0, 0.05) is 5.02 Å². The molecular formula is C14H10Cl2N4O2. The van der Waals surface area contributed by atoms with E-state index in [0.29, 0.717) is 27.1 Å². The van der Waals surface area contributed by atoms with Gasteiger partial charge < -0.3 is 15.0 Å². The number of ether oxygens (including phenoxy) is 1. The van der Waals surface area contributed by atoms with Crippen molar-refractivity contribution in [1.82, 2.24) is 15.0 Å². The van der Waals surface area contributed by atoms with Gasteiger partial charge in [0.15, 0.2) is 12.3 Å². The molecule has 0 saturated carbocycles. The van der Waals surface area contributed by atoms with Gasteiger partial charge in [0.1, 0.15) is 5.75 Å². The molecule has 2 aromatic heterocycles. The van der Waals surface area contributed by atoms with Gasteiger partial charge in [-0.2, -0.15) is 0 Å². The van der Waals surface area contributed by atoms with Gasteiger partial charge >= 0.3 is 0 Å². The van der Waals surface area contributed by atoms with Crippen LogP contribution in [0, 0.1) is 0 Å². The SMILES string of the molecule is O=C(COc1ccc(Cl)cc1Cl)Nc1cnc2nc[nH]c2c1. The number of hydrogen-bond donors (Lipinski definition) is 2. The second kappa shape index (κ2) is 6.21. The Hall–Kier alpha value is -2.31. The third-order valence-electron chi connectivity index (χ3n) is 2.81. The Kier molecular flexibility index (Phi) is 4.13. The van der Waals surface area contributed by atoms with Crippen LogP contribution in [0.3, 0.4) is 0 Å². The Morgan fingerprint density at radius 1 is 1.27 bits per heavy atom. The molecule has 2 heterocycles. The van der Waals surface area contributed by atoms with Gasteiger partial charge in [-0.15, -0.1) is 0 Å². The normalized spacial score (nSPS) is 10.6. The lowest BCUT2D eigenvalue weighted by Crippen LogP contribution is -2.20. The summed E-state index contributed by atoms with van der Waals surface area (Å²) in [6.07, 6.45) is 3.06. The van der Waals surface area contributed by atoms with Crippen molar-refractivity contribution in [1.29, 1.82) is 0 Å². The Morgan fingerprint density at radius 3 is 2.95 bits per heavy atom. The average Bonchev–Trinajstić information content (AvgIpc) is 2.94. The second-order valence-corrected chi connectivity index (χ2v) is 5.25. The summed E-state index contributed by atoms with van der Waals surface area (Å²) in [5.41, 5.74) is 1.87. The number of aromatic amines is 1. The second-order valence-electron chi connectivity index (χ2n) is 4.41. The van der Waals surface area contributed by atoms with Crippen molar-refractivity contribution in [3.05, 3.63) is 46.8 Å². The quantitative estimate of drug-likeness (QED) is 0.766. The number of carbonyl (C=O) groups excluding carboxylic acids is 1. The van der Waals surface area contributed by atoms with E-state index in [1.54, 1.807) is 24.3 Å². The number of H-pyrrole nitrogens is 1. The van der Waals surface area contributed by atoms with Crippen LogP contribution in [0.1, 0.15) is 0 Å². The zero-order chi connectivity index (χ0) is 15.5. The molecule has 0 unspecified atom stereocenters. The van der Waals surface area contributed by atoms with Crippen LogP contribution >= 0.6 is 23.2 Å². The molecule has 0 spiro atoms. The molecule has 0 radical (unpaired) electrons. The van der Waals surface area contributed by atoms with E-state index in [9.17, 15) is 4.79 Å². The predicted octanol–water partition coefficient (Wildman–Crippen LogP) is 3.28. The highest BCUT2D eigenvalue weighted by atomic mass is 35.5. The maximum atomic E-state index is 11.9. The van der Waals surface area contributed by atoms with Crippen LogP contribution in [0.15, 0.2) is 36.8 Å². The largest absolute Gasteiger partial charge is 0.482 e. The van der Waals surface area contributed by atoms with Gasteiger partial charge in [-0.05, 0) is 24.3 Å². The molecule has 0 aliphatic rings. The first kappa shape index (κ1) is 14.6. The van der Waals surface area contributed by atoms with Crippen LogP contribution in [-0.4, -0.2) is 27.5 Å². The summed E-state index contributed by atoms with van der Waals surface area (Å²) in [5.74, 6) is 0.0649. The molecule has 22 heavy (non-hydrogen) atoms. The summed E-state index contributed by atoms with van der Waals surface area (Å²) in [6, 6.07) is 6.53. The lowest BCUT2D eigenvalue weighted by molar-refractivity contribution is -0.118. The fourth-order valence-corrected chi connectivity index (χ4v) is 2.29. The van der Waals surface area contributed by atoms with Gasteiger partial charge in [-0.25, -0.2) is 9.97 Å². The van der Waals surface area contributed by atoms with Crippen molar-refractivity contribution in [3.8, 4) is 5.75 Å². The number of fused-ring (bicyclic) bond motifs is 1. The Morgan fingerprint density at radius 2 is 2.14 bits per heavy atom. The minimum atomic E-state index is -0.327. The van der Waals surface area contributed by atoms with E-state index in [2.05, 4.69) is 20.3 Å². The molecule has 1 amide bonds. The monoisotopic (exact) mass is 336 g/mol. The molecule has 0 atom stereocenters. The zero-order valence-electron chi connectivity index (χ0n) is 11.1. The summed E-state index contributed by atoms with van der Waals surface area (Å²) in [5, 5.41) is 3.53. The number of rotatable bonds is 4. The lowest BCUT2D eigenvalue weighted by atomic mass is 10.3. The van der Waals surface area contributed by atoms with Crippen molar-refractivity contribution in [2.75, 3.05) is 11.9 Å². The first-order valence-corrected chi connectivity index (χ1v) is 7.04. The number of hydrogen-bond acceptors (Lipinski definition) is 4. The summed E-state index contributed by atoms with van der Waals surface area (Å²) >= 11 is 11.8. The van der Waals surface area contributed by atoms with E-state index >= 15 is 0 Å². The fraction of sp³-hybridized carbons (Fsp3) is 0.0714. The molecule has 6 nitrogen and oxygen atoms in total. The number of benzene rings is 1. The zero-order valence-corrected chi connectivity index (χ0v) is 12.6. The van der Waals surface area contributed by atoms with Crippen molar-refractivity contribution in [2.24, 2.45) is 0 Å². The summed E-state index contributed by atoms with van der Waals surface area (Å²) in [4.78, 5) is 22.9. The Labute approximate surface area is 135 Å². The molecule has 0 aliphatic carbocycles. The summed E-state index contributed by atoms with van der Waals surface area (Å²) in [7, 11) is 0. The topological polar surface area (TPSA) is 79.9 Å². The van der Waals surface area contributed by atoms with E-state index in [-0.39, 0.29) is 12.5 Å². The van der Waals surface area contributed by atoms with E-state index in [1.807, 2.05) is 0 Å². The van der Waals surface area contributed by atoms with E-state index in [4.69, 9.17) is 27.9 Å². The van der Waals surface area contributed by atoms with Crippen molar-refractivity contribution in [2.45, 2.75) is 0 Å². The number of halogens is 2. The number of aromatic nitrogens is 3. The molecule has 0 fully saturated rings. The first-order chi connectivity index (χ1) is 10.6. The first-order valence-electron chi connectivity index (χ1n) is 6.28. The van der Waals surface area contributed by atoms with Crippen LogP contribution < -0.4 is 10.1 Å². The minimum absolute atomic E-state index is 0.178. The highest BCUT2D eigenvalue weighted by molar-refractivity contribution is 6.35. The number of amides is 1. The van der Waals surface area contributed by atoms with Crippen LogP contribution in [0.5, 0.6) is 5.75 Å². The predicted molar refractivity (Wildman–Crippen MR) is 84.5 cm³/mol. The van der Waals surface area contributed by atoms with Crippen LogP contribution in [0.4, 0.5) is 5.69 Å². The number of anilines is 1. The molecule has 3 aromatic rings. The van der Waals surface area contributed by atoms with Crippen LogP contribution in [0.2, 0.25) is 10.0 Å². The van der Waals surface area contributed by atoms with E-state index in [1.165, 1.54) is 12.5 Å². The van der Waals surface area contributed by atoms with Gasteiger partial charge in [0.25, 0.3) is 5.91 Å². The molecule has 2 N–H and O–H groups in total. The lowest BCUT2D eigenvalue weighted by Gasteiger charge is -2.08. The van der Waals surface area contributed by atoms with Crippen molar-refractivity contribution >= 4 is 46.0 Å². The maximum absolute atomic E-state index is 11.9. The Bertz CT molecular complexity index is 835. The van der Waals surface area contributed by atoms with E-state index < -0.39 is 0 Å². The van der Waals surface area contributed by atoms with E-state index in [0.717, 1.165) is 5.52 Å².